The summed E-state index contributed by atoms with van der Waals surface area (Å²) >= 11 is 0. The van der Waals surface area contributed by atoms with Crippen LogP contribution in [0.5, 0.6) is 0 Å². The molecule has 0 radical (unpaired) electrons. The zero-order valence-corrected chi connectivity index (χ0v) is 20.6. The van der Waals surface area contributed by atoms with Gasteiger partial charge in [-0.1, -0.05) is 0 Å². The first-order valence-corrected chi connectivity index (χ1v) is 12.2. The van der Waals surface area contributed by atoms with Gasteiger partial charge in [-0.25, -0.2) is 4.79 Å². The minimum Gasteiger partial charge on any atom is -0.477 e. The standard InChI is InChI=1S/C25H35N3O7/c1-4-27-15-19(25(31)32)23(30)18-13-17(5-6-20(18)27)28-9-7-26(8-10-28)11-12-34-24-16(2)35-22(29)14-21(24)33-3/h5-6,13,15-16,21-22,24,29H,4,7-12,14H2,1-3H3,(H,31,32)/t16-,21+,22+,24-/m0/s1. The Morgan fingerprint density at radius 1 is 1.23 bits per heavy atom. The van der Waals surface area contributed by atoms with Crippen molar-refractivity contribution in [2.45, 2.75) is 51.4 Å². The Morgan fingerprint density at radius 2 is 1.97 bits per heavy atom. The zero-order valence-electron chi connectivity index (χ0n) is 20.6. The summed E-state index contributed by atoms with van der Waals surface area (Å²) in [7, 11) is 1.62. The number of benzene rings is 1. The van der Waals surface area contributed by atoms with Gasteiger partial charge in [0.05, 0.1) is 24.3 Å². The van der Waals surface area contributed by atoms with Crippen LogP contribution in [0.4, 0.5) is 5.69 Å². The second-order valence-electron chi connectivity index (χ2n) is 9.13. The average molecular weight is 490 g/mol. The summed E-state index contributed by atoms with van der Waals surface area (Å²) in [6, 6.07) is 5.72. The molecule has 3 heterocycles. The number of aliphatic hydroxyl groups excluding tert-OH is 1. The molecule has 2 N–H and O–H groups in total. The molecule has 192 valence electrons. The second kappa shape index (κ2) is 11.0. The van der Waals surface area contributed by atoms with Crippen molar-refractivity contribution < 1.29 is 29.2 Å². The van der Waals surface area contributed by atoms with Crippen molar-refractivity contribution >= 4 is 22.6 Å². The van der Waals surface area contributed by atoms with Crippen molar-refractivity contribution in [3.8, 4) is 0 Å². The van der Waals surface area contributed by atoms with Crippen LogP contribution in [-0.2, 0) is 20.8 Å². The molecule has 10 heteroatoms. The van der Waals surface area contributed by atoms with E-state index in [1.165, 1.54) is 6.20 Å². The number of hydrogen-bond donors (Lipinski definition) is 2. The Balaban J connectivity index is 1.36. The monoisotopic (exact) mass is 489 g/mol. The molecule has 2 aliphatic rings. The number of anilines is 1. The SMILES string of the molecule is CCn1cc(C(=O)O)c(=O)c2cc(N3CCN(CCO[C@H]4[C@H](C)O[C@@H](O)C[C@H]4OC)CC3)ccc21. The highest BCUT2D eigenvalue weighted by Gasteiger charge is 2.36. The molecule has 0 bridgehead atoms. The van der Waals surface area contributed by atoms with Gasteiger partial charge < -0.3 is 33.9 Å². The topological polar surface area (TPSA) is 114 Å². The fourth-order valence-electron chi connectivity index (χ4n) is 5.03. The van der Waals surface area contributed by atoms with Gasteiger partial charge in [0.25, 0.3) is 0 Å². The molecule has 35 heavy (non-hydrogen) atoms. The van der Waals surface area contributed by atoms with Crippen molar-refractivity contribution in [3.05, 3.63) is 40.2 Å². The lowest BCUT2D eigenvalue weighted by Crippen LogP contribution is -2.51. The molecule has 0 spiro atoms. The number of aromatic nitrogens is 1. The smallest absolute Gasteiger partial charge is 0.341 e. The van der Waals surface area contributed by atoms with E-state index in [1.54, 1.807) is 11.7 Å². The fraction of sp³-hybridized carbons (Fsp3) is 0.600. The Labute approximate surface area is 204 Å². The summed E-state index contributed by atoms with van der Waals surface area (Å²) in [6.45, 7) is 8.98. The van der Waals surface area contributed by atoms with Crippen LogP contribution >= 0.6 is 0 Å². The predicted octanol–water partition coefficient (Wildman–Crippen LogP) is 1.37. The molecular weight excluding hydrogens is 454 g/mol. The maximum atomic E-state index is 12.8. The van der Waals surface area contributed by atoms with Gasteiger partial charge >= 0.3 is 5.97 Å². The molecule has 1 aromatic heterocycles. The number of pyridine rings is 1. The van der Waals surface area contributed by atoms with E-state index in [0.29, 0.717) is 25.0 Å². The number of carboxylic acid groups (broad SMARTS) is 1. The van der Waals surface area contributed by atoms with Gasteiger partial charge in [-0.3, -0.25) is 9.69 Å². The average Bonchev–Trinajstić information content (AvgIpc) is 2.85. The molecule has 2 fully saturated rings. The highest BCUT2D eigenvalue weighted by molar-refractivity contribution is 5.93. The number of carbonyl (C=O) groups is 1. The van der Waals surface area contributed by atoms with E-state index in [9.17, 15) is 19.8 Å². The summed E-state index contributed by atoms with van der Waals surface area (Å²) in [6.07, 6.45) is 0.339. The lowest BCUT2D eigenvalue weighted by atomic mass is 10.0. The van der Waals surface area contributed by atoms with Crippen molar-refractivity contribution in [1.82, 2.24) is 9.47 Å². The largest absolute Gasteiger partial charge is 0.477 e. The predicted molar refractivity (Wildman–Crippen MR) is 131 cm³/mol. The first-order valence-electron chi connectivity index (χ1n) is 12.2. The van der Waals surface area contributed by atoms with Crippen molar-refractivity contribution in [3.63, 3.8) is 0 Å². The number of aryl methyl sites for hydroxylation is 1. The Morgan fingerprint density at radius 3 is 2.63 bits per heavy atom. The van der Waals surface area contributed by atoms with Crippen LogP contribution in [0.3, 0.4) is 0 Å². The number of methoxy groups -OCH3 is 1. The highest BCUT2D eigenvalue weighted by atomic mass is 16.6. The zero-order chi connectivity index (χ0) is 25.1. The summed E-state index contributed by atoms with van der Waals surface area (Å²) in [4.78, 5) is 28.9. The number of nitrogens with zero attached hydrogens (tertiary/aromatic N) is 3. The molecular formula is C25H35N3O7. The number of ether oxygens (including phenoxy) is 3. The minimum absolute atomic E-state index is 0.197. The fourth-order valence-corrected chi connectivity index (χ4v) is 5.03. The van der Waals surface area contributed by atoms with Gasteiger partial charge in [0.2, 0.25) is 5.43 Å². The van der Waals surface area contributed by atoms with Crippen LogP contribution in [0.25, 0.3) is 10.9 Å². The van der Waals surface area contributed by atoms with Crippen LogP contribution in [0.1, 0.15) is 30.6 Å². The maximum Gasteiger partial charge on any atom is 0.341 e. The molecule has 4 rings (SSSR count). The van der Waals surface area contributed by atoms with E-state index in [4.69, 9.17) is 14.2 Å². The number of piperazine rings is 1. The highest BCUT2D eigenvalue weighted by Crippen LogP contribution is 2.24. The Kier molecular flexibility index (Phi) is 8.08. The first-order chi connectivity index (χ1) is 16.8. The third-order valence-electron chi connectivity index (χ3n) is 7.03. The first kappa shape index (κ1) is 25.6. The Hall–Kier alpha value is -2.50. The van der Waals surface area contributed by atoms with E-state index in [0.717, 1.165) is 43.9 Å². The molecule has 0 unspecified atom stereocenters. The minimum atomic E-state index is -1.21. The normalized spacial score (nSPS) is 25.8. The molecule has 2 aromatic rings. The number of aromatic carboxylic acids is 1. The third-order valence-corrected chi connectivity index (χ3v) is 7.03. The van der Waals surface area contributed by atoms with Crippen LogP contribution < -0.4 is 10.3 Å². The molecule has 1 aromatic carbocycles. The maximum absolute atomic E-state index is 12.8. The van der Waals surface area contributed by atoms with Gasteiger partial charge in [-0.15, -0.1) is 0 Å². The Bertz CT molecular complexity index is 1100. The summed E-state index contributed by atoms with van der Waals surface area (Å²) in [5, 5.41) is 19.6. The van der Waals surface area contributed by atoms with E-state index in [-0.39, 0.29) is 23.9 Å². The van der Waals surface area contributed by atoms with E-state index in [2.05, 4.69) is 9.80 Å². The summed E-state index contributed by atoms with van der Waals surface area (Å²) < 4.78 is 18.8. The molecule has 10 nitrogen and oxygen atoms in total. The van der Waals surface area contributed by atoms with Crippen LogP contribution in [0.15, 0.2) is 29.2 Å². The summed E-state index contributed by atoms with van der Waals surface area (Å²) in [5.74, 6) is -1.21. The number of fused-ring (bicyclic) bond motifs is 1. The number of aliphatic hydroxyl groups is 1. The number of rotatable bonds is 8. The van der Waals surface area contributed by atoms with E-state index >= 15 is 0 Å². The van der Waals surface area contributed by atoms with Crippen molar-refractivity contribution in [2.75, 3.05) is 51.3 Å². The van der Waals surface area contributed by atoms with Crippen LogP contribution in [0, 0.1) is 0 Å². The van der Waals surface area contributed by atoms with E-state index < -0.39 is 17.7 Å². The summed E-state index contributed by atoms with van der Waals surface area (Å²) in [5.41, 5.74) is 1.01. The molecule has 2 saturated heterocycles. The van der Waals surface area contributed by atoms with Gasteiger partial charge in [0.15, 0.2) is 6.29 Å². The third kappa shape index (κ3) is 5.52. The van der Waals surface area contributed by atoms with Gasteiger partial charge in [0.1, 0.15) is 11.7 Å². The lowest BCUT2D eigenvalue weighted by molar-refractivity contribution is -0.243. The molecule has 0 saturated carbocycles. The second-order valence-corrected chi connectivity index (χ2v) is 9.13. The van der Waals surface area contributed by atoms with E-state index in [1.807, 2.05) is 32.0 Å². The molecule has 0 aliphatic carbocycles. The molecule has 2 aliphatic heterocycles. The number of carboxylic acids is 1. The molecule has 0 amide bonds. The van der Waals surface area contributed by atoms with Crippen LogP contribution in [0.2, 0.25) is 0 Å². The van der Waals surface area contributed by atoms with Crippen LogP contribution in [-0.4, -0.2) is 96.7 Å². The lowest BCUT2D eigenvalue weighted by Gasteiger charge is -2.39. The quantitative estimate of drug-likeness (QED) is 0.567. The number of hydrogen-bond acceptors (Lipinski definition) is 8. The van der Waals surface area contributed by atoms with Gasteiger partial charge in [0, 0.05) is 70.1 Å². The van der Waals surface area contributed by atoms with Crippen molar-refractivity contribution in [2.24, 2.45) is 0 Å². The molecule has 4 atom stereocenters. The van der Waals surface area contributed by atoms with Gasteiger partial charge in [-0.05, 0) is 32.0 Å². The van der Waals surface area contributed by atoms with Crippen molar-refractivity contribution in [1.29, 1.82) is 0 Å². The van der Waals surface area contributed by atoms with Gasteiger partial charge in [-0.2, -0.15) is 0 Å².